The van der Waals surface area contributed by atoms with Crippen LogP contribution in [0.1, 0.15) is 82.6 Å². The molecule has 0 unspecified atom stereocenters. The third-order valence-corrected chi connectivity index (χ3v) is 8.36. The van der Waals surface area contributed by atoms with Gasteiger partial charge < -0.3 is 4.74 Å². The number of aromatic nitrogens is 1. The molecule has 0 aliphatic carbocycles. The molecule has 1 aliphatic rings. The molecule has 0 fully saturated rings. The van der Waals surface area contributed by atoms with Crippen molar-refractivity contribution in [2.24, 2.45) is 12.5 Å². The van der Waals surface area contributed by atoms with E-state index in [1.54, 1.807) is 0 Å². The molecule has 1 aromatic heterocycles. The molecule has 0 atom stereocenters. The van der Waals surface area contributed by atoms with Crippen molar-refractivity contribution in [3.8, 4) is 22.8 Å². The number of aryl methyl sites for hydroxylation is 2. The largest absolute Gasteiger partial charge is 0.455 e. The molecular weight excluding hydrogens is 462 g/mol. The fraction of sp³-hybridized carbons (Fsp3) is 0.361. The number of hydrogen-bond acceptors (Lipinski definition) is 1. The Hall–Kier alpha value is -3.39. The predicted molar refractivity (Wildman–Crippen MR) is 162 cm³/mol. The molecular formula is C36H40NO+. The van der Waals surface area contributed by atoms with Crippen LogP contribution in [-0.2, 0) is 13.5 Å². The quantitative estimate of drug-likeness (QED) is 0.173. The Kier molecular flexibility index (Phi) is 5.61. The number of hydrogen-bond donors (Lipinski definition) is 0. The Balaban J connectivity index is 1.77. The molecule has 4 aromatic carbocycles. The van der Waals surface area contributed by atoms with Gasteiger partial charge in [0.25, 0.3) is 0 Å². The highest BCUT2D eigenvalue weighted by Gasteiger charge is 2.34. The zero-order valence-corrected chi connectivity index (χ0v) is 24.4. The second-order valence-electron chi connectivity index (χ2n) is 13.2. The summed E-state index contributed by atoms with van der Waals surface area (Å²) in [4.78, 5) is 0. The molecule has 2 heterocycles. The highest BCUT2D eigenvalue weighted by Crippen LogP contribution is 2.53. The van der Waals surface area contributed by atoms with Crippen LogP contribution in [0.4, 0.5) is 0 Å². The third kappa shape index (κ3) is 3.80. The lowest BCUT2D eigenvalue weighted by atomic mass is 9.81. The predicted octanol–water partition coefficient (Wildman–Crippen LogP) is 9.89. The molecule has 0 radical (unpaired) electrons. The topological polar surface area (TPSA) is 13.1 Å². The highest BCUT2D eigenvalue weighted by atomic mass is 16.5. The van der Waals surface area contributed by atoms with Gasteiger partial charge in [-0.1, -0.05) is 84.9 Å². The lowest BCUT2D eigenvalue weighted by molar-refractivity contribution is -0.659. The van der Waals surface area contributed by atoms with E-state index in [4.69, 9.17) is 4.74 Å². The van der Waals surface area contributed by atoms with Crippen LogP contribution in [0, 0.1) is 12.3 Å². The summed E-state index contributed by atoms with van der Waals surface area (Å²) in [6.07, 6.45) is 3.18. The molecule has 2 heteroatoms. The molecule has 6 rings (SSSR count). The van der Waals surface area contributed by atoms with E-state index in [1.807, 2.05) is 0 Å². The minimum Gasteiger partial charge on any atom is -0.455 e. The van der Waals surface area contributed by atoms with Crippen LogP contribution in [0.3, 0.4) is 0 Å². The van der Waals surface area contributed by atoms with Crippen molar-refractivity contribution >= 4 is 32.3 Å². The van der Waals surface area contributed by atoms with Crippen molar-refractivity contribution in [2.75, 3.05) is 0 Å². The first-order valence-electron chi connectivity index (χ1n) is 14.1. The fourth-order valence-corrected chi connectivity index (χ4v) is 6.31. The summed E-state index contributed by atoms with van der Waals surface area (Å²) >= 11 is 0. The number of fused-ring (bicyclic) bond motifs is 5. The molecule has 38 heavy (non-hydrogen) atoms. The van der Waals surface area contributed by atoms with Gasteiger partial charge in [0.1, 0.15) is 18.5 Å². The molecule has 0 N–H and O–H groups in total. The Morgan fingerprint density at radius 1 is 0.789 bits per heavy atom. The molecule has 0 spiro atoms. The molecule has 0 saturated carbocycles. The summed E-state index contributed by atoms with van der Waals surface area (Å²) in [5.41, 5.74) is 8.00. The van der Waals surface area contributed by atoms with Gasteiger partial charge in [-0.25, -0.2) is 4.57 Å². The normalized spacial score (nSPS) is 13.1. The van der Waals surface area contributed by atoms with E-state index in [2.05, 4.69) is 122 Å². The molecule has 1 aliphatic heterocycles. The van der Waals surface area contributed by atoms with Crippen LogP contribution < -0.4 is 9.30 Å². The SMILES string of the molecule is Cc1c2c(c(CC(C)(C)C)c3ccc(C(C)C)cc13)Oc1cc3cc(C(C)C)ccc3c3cc[n+](C)c-2c13. The average Bonchev–Trinajstić information content (AvgIpc) is 2.86. The van der Waals surface area contributed by atoms with Gasteiger partial charge >= 0.3 is 0 Å². The minimum absolute atomic E-state index is 0.125. The number of ether oxygens (including phenoxy) is 1. The van der Waals surface area contributed by atoms with Crippen molar-refractivity contribution in [3.63, 3.8) is 0 Å². The molecule has 0 amide bonds. The van der Waals surface area contributed by atoms with E-state index in [-0.39, 0.29) is 5.41 Å². The van der Waals surface area contributed by atoms with Gasteiger partial charge in [-0.2, -0.15) is 0 Å². The zero-order chi connectivity index (χ0) is 27.1. The summed E-state index contributed by atoms with van der Waals surface area (Å²) in [7, 11) is 2.18. The van der Waals surface area contributed by atoms with E-state index in [0.29, 0.717) is 11.8 Å². The van der Waals surface area contributed by atoms with Gasteiger partial charge in [-0.3, -0.25) is 0 Å². The average molecular weight is 503 g/mol. The lowest BCUT2D eigenvalue weighted by Gasteiger charge is -2.28. The molecule has 2 nitrogen and oxygen atoms in total. The van der Waals surface area contributed by atoms with Crippen molar-refractivity contribution in [1.29, 1.82) is 0 Å². The Morgan fingerprint density at radius 3 is 2.11 bits per heavy atom. The van der Waals surface area contributed by atoms with E-state index >= 15 is 0 Å². The Bertz CT molecular complexity index is 1770. The van der Waals surface area contributed by atoms with Crippen LogP contribution in [0.25, 0.3) is 43.6 Å². The second kappa shape index (κ2) is 8.56. The second-order valence-corrected chi connectivity index (χ2v) is 13.2. The minimum atomic E-state index is 0.125. The summed E-state index contributed by atoms with van der Waals surface area (Å²) in [6, 6.07) is 18.5. The summed E-state index contributed by atoms with van der Waals surface area (Å²) in [5.74, 6) is 2.98. The van der Waals surface area contributed by atoms with Crippen molar-refractivity contribution in [2.45, 2.75) is 73.6 Å². The first kappa shape index (κ1) is 24.9. The highest BCUT2D eigenvalue weighted by molar-refractivity contribution is 6.16. The zero-order valence-electron chi connectivity index (χ0n) is 24.4. The molecule has 5 aromatic rings. The number of nitrogens with zero attached hydrogens (tertiary/aromatic N) is 1. The molecule has 0 bridgehead atoms. The van der Waals surface area contributed by atoms with E-state index in [1.165, 1.54) is 65.8 Å². The summed E-state index contributed by atoms with van der Waals surface area (Å²) in [6.45, 7) is 18.3. The molecule has 0 saturated heterocycles. The van der Waals surface area contributed by atoms with Gasteiger partial charge in [0.15, 0.2) is 6.20 Å². The fourth-order valence-electron chi connectivity index (χ4n) is 6.31. The maximum absolute atomic E-state index is 7.04. The number of benzene rings is 4. The van der Waals surface area contributed by atoms with Crippen LogP contribution >= 0.6 is 0 Å². The van der Waals surface area contributed by atoms with Crippen LogP contribution in [-0.4, -0.2) is 0 Å². The van der Waals surface area contributed by atoms with Crippen molar-refractivity contribution < 1.29 is 9.30 Å². The molecule has 194 valence electrons. The van der Waals surface area contributed by atoms with E-state index < -0.39 is 0 Å². The van der Waals surface area contributed by atoms with Crippen molar-refractivity contribution in [1.82, 2.24) is 0 Å². The van der Waals surface area contributed by atoms with E-state index in [0.717, 1.165) is 17.9 Å². The maximum Gasteiger partial charge on any atom is 0.228 e. The van der Waals surface area contributed by atoms with Crippen molar-refractivity contribution in [3.05, 3.63) is 77.0 Å². The number of rotatable bonds is 3. The van der Waals surface area contributed by atoms with Crippen LogP contribution in [0.5, 0.6) is 11.5 Å². The van der Waals surface area contributed by atoms with Crippen LogP contribution in [0.15, 0.2) is 54.7 Å². The van der Waals surface area contributed by atoms with Gasteiger partial charge in [-0.05, 0) is 74.9 Å². The summed E-state index contributed by atoms with van der Waals surface area (Å²) in [5, 5.41) is 7.69. The van der Waals surface area contributed by atoms with Gasteiger partial charge in [0.05, 0.1) is 10.9 Å². The first-order chi connectivity index (χ1) is 17.9. The monoisotopic (exact) mass is 502 g/mol. The Morgan fingerprint density at radius 2 is 1.45 bits per heavy atom. The van der Waals surface area contributed by atoms with Gasteiger partial charge in [0.2, 0.25) is 5.69 Å². The van der Waals surface area contributed by atoms with E-state index in [9.17, 15) is 0 Å². The van der Waals surface area contributed by atoms with Gasteiger partial charge in [0, 0.05) is 17.0 Å². The summed E-state index contributed by atoms with van der Waals surface area (Å²) < 4.78 is 9.34. The standard InChI is InChI=1S/C36H40NO/c1-20(2)23-10-12-26-25(16-23)18-31-33-28(26)14-15-37(9)34(33)32-22(5)29-17-24(21(3)4)11-13-27(29)30(35(32)38-31)19-36(6,7)8/h10-18,20-21H,19H2,1-9H3/q+1. The maximum atomic E-state index is 7.04. The first-order valence-corrected chi connectivity index (χ1v) is 14.1. The number of pyridine rings is 1. The Labute approximate surface area is 227 Å². The lowest BCUT2D eigenvalue weighted by Crippen LogP contribution is -2.32. The van der Waals surface area contributed by atoms with Gasteiger partial charge in [-0.15, -0.1) is 0 Å². The van der Waals surface area contributed by atoms with Crippen LogP contribution in [0.2, 0.25) is 0 Å². The third-order valence-electron chi connectivity index (χ3n) is 8.36. The smallest absolute Gasteiger partial charge is 0.228 e.